The van der Waals surface area contributed by atoms with Gasteiger partial charge in [0.05, 0.1) is 12.6 Å². The number of hydrogen-bond acceptors (Lipinski definition) is 9. The largest absolute Gasteiger partial charge is 0.480 e. The molecule has 0 aromatic carbocycles. The van der Waals surface area contributed by atoms with Gasteiger partial charge in [0.2, 0.25) is 23.6 Å². The lowest BCUT2D eigenvalue weighted by atomic mass is 10.1. The lowest BCUT2D eigenvalue weighted by molar-refractivity contribution is -0.142. The van der Waals surface area contributed by atoms with Crippen LogP contribution in [0, 0.1) is 0 Å². The molecule has 11 N–H and O–H groups in total. The molecule has 4 amide bonds. The molecule has 0 rings (SSSR count). The monoisotopic (exact) mass is 492 g/mol. The summed E-state index contributed by atoms with van der Waals surface area (Å²) in [6, 6.07) is -4.84. The molecule has 0 aromatic rings. The second kappa shape index (κ2) is 17.1. The van der Waals surface area contributed by atoms with Gasteiger partial charge in [0.15, 0.2) is 0 Å². The highest BCUT2D eigenvalue weighted by atomic mass is 32.2. The maximum Gasteiger partial charge on any atom is 0.326 e. The molecule has 0 radical (unpaired) electrons. The molecule has 0 fully saturated rings. The highest BCUT2D eigenvalue weighted by Crippen LogP contribution is 2.04. The lowest BCUT2D eigenvalue weighted by Crippen LogP contribution is -2.58. The molecule has 13 nitrogen and oxygen atoms in total. The Balaban J connectivity index is 5.20. The lowest BCUT2D eigenvalue weighted by Gasteiger charge is -2.24. The van der Waals surface area contributed by atoms with Crippen LogP contribution in [0.3, 0.4) is 0 Å². The van der Waals surface area contributed by atoms with E-state index in [0.717, 1.165) is 0 Å². The number of nitrogens with one attached hydrogen (secondary N) is 3. The van der Waals surface area contributed by atoms with Crippen LogP contribution in [0.1, 0.15) is 38.5 Å². The van der Waals surface area contributed by atoms with Gasteiger partial charge in [-0.3, -0.25) is 19.2 Å². The minimum Gasteiger partial charge on any atom is -0.480 e. The summed E-state index contributed by atoms with van der Waals surface area (Å²) in [5.41, 5.74) is 16.4. The van der Waals surface area contributed by atoms with Crippen LogP contribution in [0.4, 0.5) is 0 Å². The van der Waals surface area contributed by atoms with Crippen LogP contribution in [-0.2, 0) is 24.0 Å². The summed E-state index contributed by atoms with van der Waals surface area (Å²) in [4.78, 5) is 59.9. The number of nitrogens with two attached hydrogens (primary N) is 3. The zero-order valence-electron chi connectivity index (χ0n) is 18.7. The Labute approximate surface area is 196 Å². The maximum atomic E-state index is 12.7. The zero-order chi connectivity index (χ0) is 25.4. The van der Waals surface area contributed by atoms with E-state index in [9.17, 15) is 34.2 Å². The van der Waals surface area contributed by atoms with E-state index in [0.29, 0.717) is 31.6 Å². The maximum absolute atomic E-state index is 12.7. The summed E-state index contributed by atoms with van der Waals surface area (Å²) in [6.07, 6.45) is 3.16. The molecule has 4 atom stereocenters. The number of carbonyl (C=O) groups is 5. The molecule has 33 heavy (non-hydrogen) atoms. The number of carboxylic acids is 1. The summed E-state index contributed by atoms with van der Waals surface area (Å²) in [6.45, 7) is -0.371. The number of hydrogen-bond donors (Lipinski definition) is 8. The van der Waals surface area contributed by atoms with Gasteiger partial charge in [0.1, 0.15) is 18.1 Å². The Kier molecular flexibility index (Phi) is 15.9. The molecule has 0 saturated carbocycles. The fourth-order valence-corrected chi connectivity index (χ4v) is 3.18. The van der Waals surface area contributed by atoms with Gasteiger partial charge in [0, 0.05) is 6.42 Å². The van der Waals surface area contributed by atoms with Gasteiger partial charge >= 0.3 is 5.97 Å². The molecule has 0 aliphatic rings. The van der Waals surface area contributed by atoms with Crippen molar-refractivity contribution >= 4 is 41.4 Å². The van der Waals surface area contributed by atoms with Crippen molar-refractivity contribution in [1.82, 2.24) is 16.0 Å². The number of aliphatic hydroxyl groups is 1. The van der Waals surface area contributed by atoms with Crippen LogP contribution in [0.15, 0.2) is 0 Å². The van der Waals surface area contributed by atoms with Crippen LogP contribution < -0.4 is 33.2 Å². The molecule has 0 aliphatic heterocycles. The van der Waals surface area contributed by atoms with Gasteiger partial charge in [-0.2, -0.15) is 11.8 Å². The smallest absolute Gasteiger partial charge is 0.326 e. The van der Waals surface area contributed by atoms with Gasteiger partial charge in [-0.15, -0.1) is 0 Å². The van der Waals surface area contributed by atoms with Crippen molar-refractivity contribution in [3.63, 3.8) is 0 Å². The number of unbranched alkanes of at least 4 members (excludes halogenated alkanes) is 1. The molecule has 0 aliphatic carbocycles. The fraction of sp³-hybridized carbons (Fsp3) is 0.737. The highest BCUT2D eigenvalue weighted by Gasteiger charge is 2.30. The van der Waals surface area contributed by atoms with Crippen molar-refractivity contribution in [2.75, 3.05) is 25.2 Å². The Hall–Kier alpha value is -2.42. The number of carboxylic acid groups (broad SMARTS) is 1. The van der Waals surface area contributed by atoms with E-state index < -0.39 is 60.4 Å². The van der Waals surface area contributed by atoms with E-state index in [1.54, 1.807) is 6.26 Å². The van der Waals surface area contributed by atoms with Crippen LogP contribution in [0.2, 0.25) is 0 Å². The zero-order valence-corrected chi connectivity index (χ0v) is 19.6. The molecule has 0 heterocycles. The van der Waals surface area contributed by atoms with Crippen molar-refractivity contribution in [1.29, 1.82) is 0 Å². The molecule has 4 unspecified atom stereocenters. The minimum absolute atomic E-state index is 0.147. The number of aliphatic carboxylic acids is 1. The molecule has 0 bridgehead atoms. The van der Waals surface area contributed by atoms with E-state index in [-0.39, 0.29) is 19.3 Å². The summed E-state index contributed by atoms with van der Waals surface area (Å²) in [5.74, 6) is -3.88. The first-order valence-electron chi connectivity index (χ1n) is 10.5. The van der Waals surface area contributed by atoms with Crippen LogP contribution in [0.5, 0.6) is 0 Å². The molecule has 0 aromatic heterocycles. The topological polar surface area (TPSA) is 240 Å². The Bertz CT molecular complexity index is 667. The second-order valence-corrected chi connectivity index (χ2v) is 8.37. The van der Waals surface area contributed by atoms with Crippen molar-refractivity contribution in [3.8, 4) is 0 Å². The van der Waals surface area contributed by atoms with Crippen LogP contribution in [-0.4, -0.2) is 89.1 Å². The van der Waals surface area contributed by atoms with Crippen LogP contribution in [0.25, 0.3) is 0 Å². The second-order valence-electron chi connectivity index (χ2n) is 7.38. The first kappa shape index (κ1) is 30.6. The van der Waals surface area contributed by atoms with E-state index in [1.165, 1.54) is 11.8 Å². The Morgan fingerprint density at radius 1 is 0.879 bits per heavy atom. The van der Waals surface area contributed by atoms with Crippen LogP contribution >= 0.6 is 11.8 Å². The number of rotatable bonds is 18. The van der Waals surface area contributed by atoms with Gasteiger partial charge < -0.3 is 43.4 Å². The number of carbonyl (C=O) groups excluding carboxylic acids is 4. The summed E-state index contributed by atoms with van der Waals surface area (Å²) >= 11 is 1.40. The molecule has 0 spiro atoms. The molecular formula is C19H36N6O7S. The van der Waals surface area contributed by atoms with Crippen molar-refractivity contribution < 1.29 is 34.2 Å². The van der Waals surface area contributed by atoms with Gasteiger partial charge in [0.25, 0.3) is 0 Å². The third kappa shape index (κ3) is 13.0. The minimum atomic E-state index is -1.47. The predicted molar refractivity (Wildman–Crippen MR) is 123 cm³/mol. The van der Waals surface area contributed by atoms with E-state index in [1.807, 2.05) is 0 Å². The normalized spacial score (nSPS) is 14.4. The molecule has 0 saturated heterocycles. The predicted octanol–water partition coefficient (Wildman–Crippen LogP) is -3.01. The number of aliphatic hydroxyl groups excluding tert-OH is 1. The first-order chi connectivity index (χ1) is 15.6. The number of primary amides is 1. The molecular weight excluding hydrogens is 456 g/mol. The van der Waals surface area contributed by atoms with E-state index >= 15 is 0 Å². The van der Waals surface area contributed by atoms with Crippen molar-refractivity contribution in [2.24, 2.45) is 17.2 Å². The van der Waals surface area contributed by atoms with Gasteiger partial charge in [-0.1, -0.05) is 6.42 Å². The third-order valence-electron chi connectivity index (χ3n) is 4.66. The molecule has 190 valence electrons. The van der Waals surface area contributed by atoms with Gasteiger partial charge in [-0.25, -0.2) is 4.79 Å². The average molecular weight is 493 g/mol. The van der Waals surface area contributed by atoms with Gasteiger partial charge in [-0.05, 0) is 44.2 Å². The number of thioether (sulfide) groups is 1. The van der Waals surface area contributed by atoms with E-state index in [4.69, 9.17) is 17.2 Å². The first-order valence-corrected chi connectivity index (χ1v) is 11.9. The average Bonchev–Trinajstić information content (AvgIpc) is 2.76. The fourth-order valence-electron chi connectivity index (χ4n) is 2.71. The summed E-state index contributed by atoms with van der Waals surface area (Å²) < 4.78 is 0. The summed E-state index contributed by atoms with van der Waals surface area (Å²) in [7, 11) is 0. The highest BCUT2D eigenvalue weighted by molar-refractivity contribution is 7.98. The molecule has 14 heteroatoms. The standard InChI is InChI=1S/C19H36N6O7S/c1-33-9-7-13(19(31)32)24-18(30)14(10-26)25-17(29)12(5-6-15(22)27)23-16(28)11(21)4-2-3-8-20/h11-14,26H,2-10,20-21H2,1H3,(H2,22,27)(H,23,28)(H,24,30)(H,25,29)(H,31,32). The third-order valence-corrected chi connectivity index (χ3v) is 5.30. The summed E-state index contributed by atoms with van der Waals surface area (Å²) in [5, 5.41) is 25.7. The van der Waals surface area contributed by atoms with E-state index in [2.05, 4.69) is 16.0 Å². The Morgan fingerprint density at radius 2 is 1.45 bits per heavy atom. The Morgan fingerprint density at radius 3 is 1.97 bits per heavy atom. The van der Waals surface area contributed by atoms with Crippen molar-refractivity contribution in [3.05, 3.63) is 0 Å². The quantitative estimate of drug-likeness (QED) is 0.0901. The van der Waals surface area contributed by atoms with Crippen molar-refractivity contribution in [2.45, 2.75) is 62.7 Å². The number of amides is 4. The SMILES string of the molecule is CSCCC(NC(=O)C(CO)NC(=O)C(CCC(N)=O)NC(=O)C(N)CCCCN)C(=O)O.